The van der Waals surface area contributed by atoms with Crippen molar-refractivity contribution in [1.82, 2.24) is 0 Å². The summed E-state index contributed by atoms with van der Waals surface area (Å²) in [5.74, 6) is -1.65. The van der Waals surface area contributed by atoms with E-state index in [1.807, 2.05) is 6.92 Å². The zero-order valence-corrected chi connectivity index (χ0v) is 18.0. The van der Waals surface area contributed by atoms with Crippen molar-refractivity contribution in [2.45, 2.75) is 133 Å². The SMILES string of the molecule is CCCOC(=O)CCCCCCCCCCCCCCCC1OC12OC13OC12O3. The summed E-state index contributed by atoms with van der Waals surface area (Å²) in [6, 6.07) is 0. The molecule has 166 valence electrons. The third-order valence-electron chi connectivity index (χ3n) is 6.62. The van der Waals surface area contributed by atoms with Crippen molar-refractivity contribution in [3.05, 3.63) is 0 Å². The Morgan fingerprint density at radius 1 is 0.793 bits per heavy atom. The van der Waals surface area contributed by atoms with E-state index in [1.165, 1.54) is 70.6 Å². The molecule has 4 heterocycles. The summed E-state index contributed by atoms with van der Waals surface area (Å²) < 4.78 is 27.1. The first kappa shape index (κ1) is 21.5. The van der Waals surface area contributed by atoms with Crippen LogP contribution in [0.1, 0.15) is 110 Å². The maximum absolute atomic E-state index is 11.4. The minimum Gasteiger partial charge on any atom is -0.466 e. The molecule has 6 heteroatoms. The Morgan fingerprint density at radius 2 is 1.34 bits per heavy atom. The van der Waals surface area contributed by atoms with E-state index in [0.29, 0.717) is 13.0 Å². The Hall–Kier alpha value is -0.690. The maximum atomic E-state index is 11.4. The lowest BCUT2D eigenvalue weighted by atomic mass is 10.0. The Labute approximate surface area is 174 Å². The summed E-state index contributed by atoms with van der Waals surface area (Å²) in [4.78, 5) is 11.4. The van der Waals surface area contributed by atoms with Crippen LogP contribution in [0.15, 0.2) is 0 Å². The van der Waals surface area contributed by atoms with Crippen molar-refractivity contribution in [1.29, 1.82) is 0 Å². The second kappa shape index (κ2) is 9.21. The van der Waals surface area contributed by atoms with Crippen LogP contribution in [0.2, 0.25) is 0 Å². The molecule has 1 spiro atoms. The van der Waals surface area contributed by atoms with Gasteiger partial charge in [0, 0.05) is 6.42 Å². The number of ether oxygens (including phenoxy) is 5. The lowest BCUT2D eigenvalue weighted by Gasteiger charge is -2.10. The van der Waals surface area contributed by atoms with Crippen molar-refractivity contribution < 1.29 is 28.5 Å². The van der Waals surface area contributed by atoms with Gasteiger partial charge < -0.3 is 9.47 Å². The van der Waals surface area contributed by atoms with Gasteiger partial charge in [0.25, 0.3) is 5.79 Å². The van der Waals surface area contributed by atoms with Crippen molar-refractivity contribution in [2.24, 2.45) is 0 Å². The van der Waals surface area contributed by atoms with Crippen LogP contribution in [0.3, 0.4) is 0 Å². The van der Waals surface area contributed by atoms with Crippen molar-refractivity contribution >= 4 is 5.97 Å². The summed E-state index contributed by atoms with van der Waals surface area (Å²) in [7, 11) is 0. The number of hydrogen-bond donors (Lipinski definition) is 0. The van der Waals surface area contributed by atoms with Gasteiger partial charge in [0.1, 0.15) is 6.10 Å². The number of carbonyl (C=O) groups is 1. The Bertz CT molecular complexity index is 558. The molecule has 4 fully saturated rings. The molecule has 0 saturated carbocycles. The molecule has 0 aromatic rings. The van der Waals surface area contributed by atoms with Gasteiger partial charge >= 0.3 is 17.7 Å². The fourth-order valence-corrected chi connectivity index (χ4v) is 4.66. The van der Waals surface area contributed by atoms with E-state index >= 15 is 0 Å². The van der Waals surface area contributed by atoms with Gasteiger partial charge in [-0.2, -0.15) is 0 Å². The molecular weight excluding hydrogens is 372 g/mol. The highest BCUT2D eigenvalue weighted by Gasteiger charge is 3.16. The monoisotopic (exact) mass is 410 g/mol. The normalized spacial score (nSPS) is 35.0. The molecule has 4 rings (SSSR count). The van der Waals surface area contributed by atoms with E-state index in [9.17, 15) is 4.79 Å². The largest absolute Gasteiger partial charge is 0.466 e. The molecule has 0 N–H and O–H groups in total. The molecule has 2 unspecified atom stereocenters. The number of unbranched alkanes of at least 4 members (excludes halogenated alkanes) is 12. The number of rotatable bonds is 18. The molecule has 2 atom stereocenters. The first-order valence-corrected chi connectivity index (χ1v) is 12.1. The third kappa shape index (κ3) is 4.51. The molecule has 4 aliphatic rings. The standard InChI is InChI=1S/C23H38O6/c1-2-18-25-20(24)17-15-13-11-9-7-5-3-4-6-8-10-12-14-16-19-21(26-19)22-23(27-21,28-22)29-22/h19H,2-18H2,1H3. The Kier molecular flexibility index (Phi) is 6.84. The van der Waals surface area contributed by atoms with Crippen LogP contribution in [-0.4, -0.2) is 36.2 Å². The fraction of sp³-hybridized carbons (Fsp3) is 0.957. The Balaban J connectivity index is 0.838. The van der Waals surface area contributed by atoms with Gasteiger partial charge in [-0.1, -0.05) is 84.0 Å². The molecule has 6 nitrogen and oxygen atoms in total. The van der Waals surface area contributed by atoms with E-state index < -0.39 is 17.5 Å². The quantitative estimate of drug-likeness (QED) is 0.173. The van der Waals surface area contributed by atoms with Gasteiger partial charge in [-0.05, 0) is 19.3 Å². The smallest absolute Gasteiger partial charge is 0.355 e. The van der Waals surface area contributed by atoms with Crippen LogP contribution in [0.5, 0.6) is 0 Å². The van der Waals surface area contributed by atoms with Gasteiger partial charge in [0.2, 0.25) is 0 Å². The molecule has 0 aliphatic carbocycles. The topological polar surface area (TPSA) is 73.1 Å². The van der Waals surface area contributed by atoms with Gasteiger partial charge in [-0.25, -0.2) is 0 Å². The van der Waals surface area contributed by atoms with Gasteiger partial charge in [0.05, 0.1) is 6.61 Å². The van der Waals surface area contributed by atoms with Gasteiger partial charge in [-0.15, -0.1) is 0 Å². The van der Waals surface area contributed by atoms with Gasteiger partial charge in [-0.3, -0.25) is 19.0 Å². The first-order chi connectivity index (χ1) is 14.2. The van der Waals surface area contributed by atoms with Crippen molar-refractivity contribution in [3.8, 4) is 0 Å². The molecule has 0 amide bonds. The molecule has 0 aromatic carbocycles. The molecule has 4 aliphatic heterocycles. The van der Waals surface area contributed by atoms with Crippen molar-refractivity contribution in [2.75, 3.05) is 6.61 Å². The molecule has 0 radical (unpaired) electrons. The Morgan fingerprint density at radius 3 is 1.83 bits per heavy atom. The predicted octanol–water partition coefficient (Wildman–Crippen LogP) is 5.33. The minimum atomic E-state index is -0.647. The maximum Gasteiger partial charge on any atom is 0.355 e. The summed E-state index contributed by atoms with van der Waals surface area (Å²) >= 11 is 0. The summed E-state index contributed by atoms with van der Waals surface area (Å²) in [6.07, 6.45) is 19.4. The van der Waals surface area contributed by atoms with Crippen LogP contribution < -0.4 is 0 Å². The molecule has 4 saturated heterocycles. The number of carbonyl (C=O) groups excluding carboxylic acids is 1. The fourth-order valence-electron chi connectivity index (χ4n) is 4.66. The lowest BCUT2D eigenvalue weighted by Crippen LogP contribution is -2.39. The zero-order chi connectivity index (χ0) is 20.2. The average molecular weight is 411 g/mol. The van der Waals surface area contributed by atoms with Crippen LogP contribution >= 0.6 is 0 Å². The molecular formula is C23H38O6. The number of hydrogen-bond acceptors (Lipinski definition) is 6. The predicted molar refractivity (Wildman–Crippen MR) is 107 cm³/mol. The van der Waals surface area contributed by atoms with Crippen LogP contribution in [0.4, 0.5) is 0 Å². The minimum absolute atomic E-state index is 0.0273. The summed E-state index contributed by atoms with van der Waals surface area (Å²) in [5, 5.41) is 0. The van der Waals surface area contributed by atoms with E-state index in [4.69, 9.17) is 23.7 Å². The van der Waals surface area contributed by atoms with Crippen LogP contribution in [0, 0.1) is 0 Å². The highest BCUT2D eigenvalue weighted by molar-refractivity contribution is 5.69. The highest BCUT2D eigenvalue weighted by Crippen LogP contribution is 2.88. The van der Waals surface area contributed by atoms with E-state index in [1.54, 1.807) is 0 Å². The van der Waals surface area contributed by atoms with Gasteiger partial charge in [0.15, 0.2) is 0 Å². The van der Waals surface area contributed by atoms with E-state index in [2.05, 4.69) is 0 Å². The summed E-state index contributed by atoms with van der Waals surface area (Å²) in [5.41, 5.74) is 0. The molecule has 0 aromatic heterocycles. The lowest BCUT2D eigenvalue weighted by molar-refractivity contribution is -0.166. The van der Waals surface area contributed by atoms with E-state index in [-0.39, 0.29) is 12.1 Å². The number of esters is 1. The average Bonchev–Trinajstić information content (AvgIpc) is 3.60. The second-order valence-electron chi connectivity index (χ2n) is 9.11. The summed E-state index contributed by atoms with van der Waals surface area (Å²) in [6.45, 7) is 2.59. The van der Waals surface area contributed by atoms with E-state index in [0.717, 1.165) is 25.7 Å². The number of epoxide rings is 3. The zero-order valence-electron chi connectivity index (χ0n) is 18.0. The first-order valence-electron chi connectivity index (χ1n) is 12.1. The van der Waals surface area contributed by atoms with Crippen LogP contribution in [0.25, 0.3) is 0 Å². The van der Waals surface area contributed by atoms with Crippen molar-refractivity contribution in [3.63, 3.8) is 0 Å². The molecule has 29 heavy (non-hydrogen) atoms. The molecule has 0 bridgehead atoms. The highest BCUT2D eigenvalue weighted by atomic mass is 17.2. The van der Waals surface area contributed by atoms with Crippen LogP contribution in [-0.2, 0) is 28.5 Å². The second-order valence-corrected chi connectivity index (χ2v) is 9.11. The third-order valence-corrected chi connectivity index (χ3v) is 6.62.